The highest BCUT2D eigenvalue weighted by Crippen LogP contribution is 2.39. The lowest BCUT2D eigenvalue weighted by Crippen LogP contribution is -2.46. The molecule has 2 aromatic rings. The number of rotatable bonds is 2. The Morgan fingerprint density at radius 3 is 2.48 bits per heavy atom. The Morgan fingerprint density at radius 1 is 1.13 bits per heavy atom. The molecule has 0 spiro atoms. The lowest BCUT2D eigenvalue weighted by Gasteiger charge is -2.35. The summed E-state index contributed by atoms with van der Waals surface area (Å²) in [4.78, 5) is 13.6. The molecule has 1 unspecified atom stereocenters. The molecule has 0 radical (unpaired) electrons. The van der Waals surface area contributed by atoms with Crippen molar-refractivity contribution >= 4 is 17.3 Å². The number of anilines is 2. The largest absolute Gasteiger partial charge is 0.400 e. The van der Waals surface area contributed by atoms with Gasteiger partial charge >= 0.3 is 6.18 Å². The summed E-state index contributed by atoms with van der Waals surface area (Å²) in [5, 5.41) is 0. The van der Waals surface area contributed by atoms with Gasteiger partial charge in [0, 0.05) is 11.4 Å². The van der Waals surface area contributed by atoms with Crippen LogP contribution >= 0.6 is 0 Å². The van der Waals surface area contributed by atoms with E-state index in [1.165, 1.54) is 11.0 Å². The van der Waals surface area contributed by atoms with Gasteiger partial charge in [0.1, 0.15) is 5.92 Å². The molecule has 23 heavy (non-hydrogen) atoms. The van der Waals surface area contributed by atoms with E-state index in [4.69, 9.17) is 5.73 Å². The number of carbonyl (C=O) groups excluding carboxylic acids is 1. The van der Waals surface area contributed by atoms with E-state index in [0.29, 0.717) is 16.9 Å². The summed E-state index contributed by atoms with van der Waals surface area (Å²) in [5.41, 5.74) is 7.78. The summed E-state index contributed by atoms with van der Waals surface area (Å²) < 4.78 is 39.7. The molecule has 1 aliphatic heterocycles. The van der Waals surface area contributed by atoms with E-state index >= 15 is 0 Å². The number of nitrogens with two attached hydrogens (primary N) is 1. The number of carbonyl (C=O) groups is 1. The predicted molar refractivity (Wildman–Crippen MR) is 81.7 cm³/mol. The van der Waals surface area contributed by atoms with Crippen LogP contribution in [0.4, 0.5) is 24.5 Å². The first kappa shape index (κ1) is 15.4. The van der Waals surface area contributed by atoms with Crippen LogP contribution in [0.3, 0.4) is 0 Å². The number of hydrogen-bond acceptors (Lipinski definition) is 2. The van der Waals surface area contributed by atoms with Gasteiger partial charge in [-0.05, 0) is 35.7 Å². The van der Waals surface area contributed by atoms with Gasteiger partial charge in [0.05, 0.1) is 6.54 Å². The van der Waals surface area contributed by atoms with Gasteiger partial charge in [0.15, 0.2) is 0 Å². The molecule has 0 fully saturated rings. The lowest BCUT2D eigenvalue weighted by molar-refractivity contribution is -0.181. The molecule has 3 rings (SSSR count). The average molecular weight is 320 g/mol. The lowest BCUT2D eigenvalue weighted by atomic mass is 9.90. The molecule has 120 valence electrons. The van der Waals surface area contributed by atoms with Crippen molar-refractivity contribution < 1.29 is 18.0 Å². The highest BCUT2D eigenvalue weighted by molar-refractivity contribution is 5.98. The number of alkyl halides is 3. The van der Waals surface area contributed by atoms with Crippen molar-refractivity contribution in [2.24, 2.45) is 5.92 Å². The van der Waals surface area contributed by atoms with Crippen LogP contribution in [0.25, 0.3) is 0 Å². The average Bonchev–Trinajstić information content (AvgIpc) is 2.49. The minimum absolute atomic E-state index is 0.100. The number of amides is 1. The minimum atomic E-state index is -4.58. The van der Waals surface area contributed by atoms with Crippen LogP contribution in [0.1, 0.15) is 11.1 Å². The van der Waals surface area contributed by atoms with Crippen LogP contribution in [0.15, 0.2) is 48.5 Å². The number of fused-ring (bicyclic) bond motifs is 1. The monoisotopic (exact) mass is 320 g/mol. The summed E-state index contributed by atoms with van der Waals surface area (Å²) in [5.74, 6) is -2.95. The fraction of sp³-hybridized carbons (Fsp3) is 0.235. The van der Waals surface area contributed by atoms with Crippen LogP contribution in [0, 0.1) is 5.92 Å². The Balaban J connectivity index is 2.03. The number of nitrogen functional groups attached to an aromatic ring is 1. The number of hydrogen-bond donors (Lipinski definition) is 1. The molecular weight excluding hydrogens is 305 g/mol. The first-order chi connectivity index (χ1) is 10.9. The number of halogens is 3. The zero-order valence-corrected chi connectivity index (χ0v) is 12.2. The van der Waals surface area contributed by atoms with Crippen molar-refractivity contribution in [3.05, 3.63) is 59.7 Å². The van der Waals surface area contributed by atoms with E-state index < -0.39 is 18.0 Å². The highest BCUT2D eigenvalue weighted by atomic mass is 19.4. The van der Waals surface area contributed by atoms with Gasteiger partial charge in [-0.3, -0.25) is 4.79 Å². The summed E-state index contributed by atoms with van der Waals surface area (Å²) in [6.45, 7) is 0.100. The first-order valence-corrected chi connectivity index (χ1v) is 7.16. The molecule has 1 amide bonds. The third-order valence-electron chi connectivity index (χ3n) is 3.96. The Kier molecular flexibility index (Phi) is 3.75. The molecule has 3 nitrogen and oxygen atoms in total. The quantitative estimate of drug-likeness (QED) is 0.860. The molecule has 0 saturated carbocycles. The fourth-order valence-electron chi connectivity index (χ4n) is 2.83. The normalized spacial score (nSPS) is 18.0. The molecule has 2 N–H and O–H groups in total. The van der Waals surface area contributed by atoms with E-state index in [2.05, 4.69) is 0 Å². The second-order valence-corrected chi connectivity index (χ2v) is 5.60. The standard InChI is InChI=1S/C17H15F3N2O/c18-17(19,20)14-9-12-8-13(21)6-7-15(12)22(16(14)23)10-11-4-2-1-3-5-11/h1-8,14H,9-10,21H2. The van der Waals surface area contributed by atoms with Crippen molar-refractivity contribution in [3.8, 4) is 0 Å². The van der Waals surface area contributed by atoms with Gasteiger partial charge < -0.3 is 10.6 Å². The Labute approximate surface area is 131 Å². The van der Waals surface area contributed by atoms with Crippen LogP contribution in [0.5, 0.6) is 0 Å². The summed E-state index contributed by atoms with van der Waals surface area (Å²) in [6.07, 6.45) is -4.94. The Bertz CT molecular complexity index is 728. The summed E-state index contributed by atoms with van der Waals surface area (Å²) in [6, 6.07) is 13.7. The van der Waals surface area contributed by atoms with Crippen LogP contribution in [-0.2, 0) is 17.8 Å². The Morgan fingerprint density at radius 2 is 1.83 bits per heavy atom. The topological polar surface area (TPSA) is 46.3 Å². The molecule has 0 aliphatic carbocycles. The van der Waals surface area contributed by atoms with E-state index in [1.807, 2.05) is 6.07 Å². The van der Waals surface area contributed by atoms with Gasteiger partial charge in [-0.15, -0.1) is 0 Å². The Hall–Kier alpha value is -2.50. The van der Waals surface area contributed by atoms with Crippen molar-refractivity contribution in [2.45, 2.75) is 19.1 Å². The smallest absolute Gasteiger partial charge is 0.399 e. The number of nitrogens with zero attached hydrogens (tertiary/aromatic N) is 1. The van der Waals surface area contributed by atoms with Crippen LogP contribution in [-0.4, -0.2) is 12.1 Å². The third-order valence-corrected chi connectivity index (χ3v) is 3.96. The van der Waals surface area contributed by atoms with Gasteiger partial charge in [-0.2, -0.15) is 13.2 Å². The van der Waals surface area contributed by atoms with E-state index in [0.717, 1.165) is 5.56 Å². The molecule has 0 aromatic heterocycles. The van der Waals surface area contributed by atoms with Gasteiger partial charge in [-0.1, -0.05) is 30.3 Å². The predicted octanol–water partition coefficient (Wildman–Crippen LogP) is 3.54. The maximum absolute atomic E-state index is 13.2. The summed E-state index contributed by atoms with van der Waals surface area (Å²) >= 11 is 0. The van der Waals surface area contributed by atoms with E-state index in [1.54, 1.807) is 36.4 Å². The molecule has 1 atom stereocenters. The van der Waals surface area contributed by atoms with Crippen molar-refractivity contribution in [3.63, 3.8) is 0 Å². The zero-order chi connectivity index (χ0) is 16.6. The van der Waals surface area contributed by atoms with E-state index in [9.17, 15) is 18.0 Å². The van der Waals surface area contributed by atoms with Crippen molar-refractivity contribution in [1.82, 2.24) is 0 Å². The molecule has 1 heterocycles. The third kappa shape index (κ3) is 3.02. The fourth-order valence-corrected chi connectivity index (χ4v) is 2.83. The SMILES string of the molecule is Nc1ccc2c(c1)CC(C(F)(F)F)C(=O)N2Cc1ccccc1. The molecular formula is C17H15F3N2O. The molecule has 1 aliphatic rings. The molecule has 0 bridgehead atoms. The molecule has 2 aromatic carbocycles. The van der Waals surface area contributed by atoms with Gasteiger partial charge in [-0.25, -0.2) is 0 Å². The second-order valence-electron chi connectivity index (χ2n) is 5.60. The zero-order valence-electron chi connectivity index (χ0n) is 12.2. The maximum atomic E-state index is 13.2. The first-order valence-electron chi connectivity index (χ1n) is 7.16. The van der Waals surface area contributed by atoms with Crippen molar-refractivity contribution in [2.75, 3.05) is 10.6 Å². The van der Waals surface area contributed by atoms with Gasteiger partial charge in [0.2, 0.25) is 5.91 Å². The van der Waals surface area contributed by atoms with Crippen LogP contribution < -0.4 is 10.6 Å². The number of benzene rings is 2. The second kappa shape index (κ2) is 5.61. The van der Waals surface area contributed by atoms with Gasteiger partial charge in [0.25, 0.3) is 0 Å². The van der Waals surface area contributed by atoms with E-state index in [-0.39, 0.29) is 13.0 Å². The highest BCUT2D eigenvalue weighted by Gasteiger charge is 2.49. The van der Waals surface area contributed by atoms with Crippen molar-refractivity contribution in [1.29, 1.82) is 0 Å². The molecule has 6 heteroatoms. The molecule has 0 saturated heterocycles. The summed E-state index contributed by atoms with van der Waals surface area (Å²) in [7, 11) is 0. The maximum Gasteiger partial charge on any atom is 0.400 e. The van der Waals surface area contributed by atoms with Crippen LogP contribution in [0.2, 0.25) is 0 Å². The minimum Gasteiger partial charge on any atom is -0.399 e.